The SMILES string of the molecule is CN(Cc1ccc(O)cc1)C1CCCCCC1. The topological polar surface area (TPSA) is 23.5 Å². The molecular formula is C15H23NO. The molecule has 0 bridgehead atoms. The molecule has 0 amide bonds. The van der Waals surface area contributed by atoms with E-state index < -0.39 is 0 Å². The van der Waals surface area contributed by atoms with Crippen LogP contribution < -0.4 is 0 Å². The quantitative estimate of drug-likeness (QED) is 0.807. The molecule has 0 saturated heterocycles. The van der Waals surface area contributed by atoms with E-state index in [9.17, 15) is 5.11 Å². The molecule has 0 atom stereocenters. The molecule has 17 heavy (non-hydrogen) atoms. The van der Waals surface area contributed by atoms with Gasteiger partial charge in [-0.2, -0.15) is 0 Å². The van der Waals surface area contributed by atoms with Gasteiger partial charge in [0.1, 0.15) is 5.75 Å². The summed E-state index contributed by atoms with van der Waals surface area (Å²) in [4.78, 5) is 2.47. The molecule has 94 valence electrons. The van der Waals surface area contributed by atoms with Gasteiger partial charge < -0.3 is 5.11 Å². The largest absolute Gasteiger partial charge is 0.508 e. The van der Waals surface area contributed by atoms with Gasteiger partial charge in [-0.25, -0.2) is 0 Å². The molecule has 0 aliphatic heterocycles. The summed E-state index contributed by atoms with van der Waals surface area (Å²) in [6.07, 6.45) is 8.26. The summed E-state index contributed by atoms with van der Waals surface area (Å²) in [5.74, 6) is 0.353. The van der Waals surface area contributed by atoms with Crippen molar-refractivity contribution in [2.45, 2.75) is 51.1 Å². The average molecular weight is 233 g/mol. The Morgan fingerprint density at radius 2 is 1.65 bits per heavy atom. The Morgan fingerprint density at radius 3 is 2.24 bits per heavy atom. The fraction of sp³-hybridized carbons (Fsp3) is 0.600. The van der Waals surface area contributed by atoms with Crippen molar-refractivity contribution in [2.75, 3.05) is 7.05 Å². The van der Waals surface area contributed by atoms with E-state index in [1.165, 1.54) is 44.1 Å². The molecule has 1 aliphatic carbocycles. The molecular weight excluding hydrogens is 210 g/mol. The molecule has 0 heterocycles. The first-order valence-electron chi connectivity index (χ1n) is 6.74. The lowest BCUT2D eigenvalue weighted by molar-refractivity contribution is 0.213. The van der Waals surface area contributed by atoms with Crippen molar-refractivity contribution in [1.29, 1.82) is 0 Å². The fourth-order valence-corrected chi connectivity index (χ4v) is 2.72. The van der Waals surface area contributed by atoms with Gasteiger partial charge in [0.15, 0.2) is 0 Å². The second-order valence-corrected chi connectivity index (χ2v) is 5.23. The molecule has 1 fully saturated rings. The van der Waals surface area contributed by atoms with Crippen molar-refractivity contribution in [3.05, 3.63) is 29.8 Å². The average Bonchev–Trinajstić information content (AvgIpc) is 2.61. The summed E-state index contributed by atoms with van der Waals surface area (Å²) in [5.41, 5.74) is 1.29. The lowest BCUT2D eigenvalue weighted by Gasteiger charge is -2.27. The first kappa shape index (κ1) is 12.4. The number of benzene rings is 1. The maximum atomic E-state index is 9.26. The lowest BCUT2D eigenvalue weighted by atomic mass is 10.1. The number of phenols is 1. The van der Waals surface area contributed by atoms with Crippen LogP contribution in [-0.2, 0) is 6.54 Å². The Balaban J connectivity index is 1.90. The normalized spacial score (nSPS) is 18.2. The standard InChI is InChI=1S/C15H23NO/c1-16(14-6-4-2-3-5-7-14)12-13-8-10-15(17)11-9-13/h8-11,14,17H,2-7,12H2,1H3. The second-order valence-electron chi connectivity index (χ2n) is 5.23. The molecule has 0 unspecified atom stereocenters. The van der Waals surface area contributed by atoms with Crippen LogP contribution in [0.2, 0.25) is 0 Å². The van der Waals surface area contributed by atoms with Gasteiger partial charge in [-0.15, -0.1) is 0 Å². The molecule has 1 N–H and O–H groups in total. The van der Waals surface area contributed by atoms with Crippen LogP contribution in [0.15, 0.2) is 24.3 Å². The number of hydrogen-bond acceptors (Lipinski definition) is 2. The third-order valence-electron chi connectivity index (χ3n) is 3.82. The first-order chi connectivity index (χ1) is 8.25. The van der Waals surface area contributed by atoms with Gasteiger partial charge in [0.05, 0.1) is 0 Å². The zero-order chi connectivity index (χ0) is 12.1. The molecule has 1 aromatic rings. The summed E-state index contributed by atoms with van der Waals surface area (Å²) in [6, 6.07) is 8.32. The van der Waals surface area contributed by atoms with E-state index in [1.807, 2.05) is 12.1 Å². The van der Waals surface area contributed by atoms with Gasteiger partial charge in [0, 0.05) is 12.6 Å². The number of aromatic hydroxyl groups is 1. The Hall–Kier alpha value is -1.02. The number of rotatable bonds is 3. The maximum Gasteiger partial charge on any atom is 0.115 e. The summed E-state index contributed by atoms with van der Waals surface area (Å²) in [6.45, 7) is 0.991. The van der Waals surface area contributed by atoms with E-state index >= 15 is 0 Å². The summed E-state index contributed by atoms with van der Waals surface area (Å²) in [7, 11) is 2.23. The van der Waals surface area contributed by atoms with Gasteiger partial charge in [0.25, 0.3) is 0 Å². The van der Waals surface area contributed by atoms with Gasteiger partial charge in [-0.1, -0.05) is 37.8 Å². The van der Waals surface area contributed by atoms with E-state index in [4.69, 9.17) is 0 Å². The molecule has 1 aromatic carbocycles. The molecule has 0 spiro atoms. The first-order valence-corrected chi connectivity index (χ1v) is 6.74. The van der Waals surface area contributed by atoms with Crippen LogP contribution in [0, 0.1) is 0 Å². The third-order valence-corrected chi connectivity index (χ3v) is 3.82. The highest BCUT2D eigenvalue weighted by Gasteiger charge is 2.16. The molecule has 2 nitrogen and oxygen atoms in total. The van der Waals surface area contributed by atoms with Crippen molar-refractivity contribution in [2.24, 2.45) is 0 Å². The van der Waals surface area contributed by atoms with Gasteiger partial charge >= 0.3 is 0 Å². The van der Waals surface area contributed by atoms with E-state index in [-0.39, 0.29) is 0 Å². The molecule has 2 heteroatoms. The smallest absolute Gasteiger partial charge is 0.115 e. The van der Waals surface area contributed by atoms with Crippen LogP contribution in [0.5, 0.6) is 5.75 Å². The number of hydrogen-bond donors (Lipinski definition) is 1. The zero-order valence-corrected chi connectivity index (χ0v) is 10.7. The summed E-state index contributed by atoms with van der Waals surface area (Å²) < 4.78 is 0. The van der Waals surface area contributed by atoms with Gasteiger partial charge in [-0.3, -0.25) is 4.90 Å². The predicted octanol–water partition coefficient (Wildman–Crippen LogP) is 3.55. The summed E-state index contributed by atoms with van der Waals surface area (Å²) >= 11 is 0. The van der Waals surface area contributed by atoms with Crippen LogP contribution in [0.4, 0.5) is 0 Å². The van der Waals surface area contributed by atoms with Crippen LogP contribution >= 0.6 is 0 Å². The van der Waals surface area contributed by atoms with Crippen LogP contribution in [-0.4, -0.2) is 23.1 Å². The molecule has 0 aromatic heterocycles. The molecule has 1 aliphatic rings. The minimum atomic E-state index is 0.353. The van der Waals surface area contributed by atoms with Crippen LogP contribution in [0.3, 0.4) is 0 Å². The Bertz CT molecular complexity index is 325. The van der Waals surface area contributed by atoms with Gasteiger partial charge in [0.2, 0.25) is 0 Å². The number of nitrogens with zero attached hydrogens (tertiary/aromatic N) is 1. The zero-order valence-electron chi connectivity index (χ0n) is 10.7. The van der Waals surface area contributed by atoms with E-state index in [2.05, 4.69) is 11.9 Å². The Labute approximate surface area is 104 Å². The molecule has 0 radical (unpaired) electrons. The Morgan fingerprint density at radius 1 is 1.06 bits per heavy atom. The van der Waals surface area contributed by atoms with Gasteiger partial charge in [-0.05, 0) is 37.6 Å². The highest BCUT2D eigenvalue weighted by Crippen LogP contribution is 2.22. The molecule has 1 saturated carbocycles. The van der Waals surface area contributed by atoms with Crippen molar-refractivity contribution >= 4 is 0 Å². The van der Waals surface area contributed by atoms with E-state index in [1.54, 1.807) is 12.1 Å². The maximum absolute atomic E-state index is 9.26. The predicted molar refractivity (Wildman–Crippen MR) is 71.1 cm³/mol. The number of phenolic OH excluding ortho intramolecular Hbond substituents is 1. The molecule has 2 rings (SSSR count). The minimum Gasteiger partial charge on any atom is -0.508 e. The highest BCUT2D eigenvalue weighted by molar-refractivity contribution is 5.25. The van der Waals surface area contributed by atoms with Crippen LogP contribution in [0.1, 0.15) is 44.1 Å². The fourth-order valence-electron chi connectivity index (χ4n) is 2.72. The van der Waals surface area contributed by atoms with Crippen molar-refractivity contribution < 1.29 is 5.11 Å². The Kier molecular flexibility index (Phi) is 4.43. The monoisotopic (exact) mass is 233 g/mol. The van der Waals surface area contributed by atoms with Crippen molar-refractivity contribution in [3.63, 3.8) is 0 Å². The minimum absolute atomic E-state index is 0.353. The van der Waals surface area contributed by atoms with Crippen molar-refractivity contribution in [1.82, 2.24) is 4.90 Å². The second kappa shape index (κ2) is 6.06. The summed E-state index contributed by atoms with van der Waals surface area (Å²) in [5, 5.41) is 9.26. The van der Waals surface area contributed by atoms with E-state index in [0.717, 1.165) is 12.6 Å². The third kappa shape index (κ3) is 3.74. The van der Waals surface area contributed by atoms with E-state index in [0.29, 0.717) is 5.75 Å². The van der Waals surface area contributed by atoms with Crippen molar-refractivity contribution in [3.8, 4) is 5.75 Å². The van der Waals surface area contributed by atoms with Crippen LogP contribution in [0.25, 0.3) is 0 Å². The highest BCUT2D eigenvalue weighted by atomic mass is 16.3. The lowest BCUT2D eigenvalue weighted by Crippen LogP contribution is -2.30.